The molecule has 0 aromatic carbocycles. The van der Waals surface area contributed by atoms with E-state index in [4.69, 9.17) is 5.73 Å². The lowest BCUT2D eigenvalue weighted by molar-refractivity contribution is 0.277. The summed E-state index contributed by atoms with van der Waals surface area (Å²) in [5.74, 6) is 0.801. The summed E-state index contributed by atoms with van der Waals surface area (Å²) in [5.41, 5.74) is 5.45. The summed E-state index contributed by atoms with van der Waals surface area (Å²) in [6, 6.07) is 0.517. The predicted octanol–water partition coefficient (Wildman–Crippen LogP) is -0.143. The van der Waals surface area contributed by atoms with Crippen molar-refractivity contribution in [3.05, 3.63) is 5.82 Å². The van der Waals surface area contributed by atoms with Gasteiger partial charge in [0.15, 0.2) is 5.82 Å². The Morgan fingerprint density at radius 1 is 1.55 bits per heavy atom. The van der Waals surface area contributed by atoms with Gasteiger partial charge in [0.2, 0.25) is 0 Å². The van der Waals surface area contributed by atoms with Crippen molar-refractivity contribution in [1.29, 1.82) is 0 Å². The van der Waals surface area contributed by atoms with E-state index >= 15 is 0 Å². The smallest absolute Gasteiger partial charge is 0.165 e. The Bertz CT molecular complexity index is 239. The zero-order chi connectivity index (χ0) is 7.68. The van der Waals surface area contributed by atoms with Crippen LogP contribution >= 0.6 is 0 Å². The number of nitrogens with zero attached hydrogens (tertiary/aromatic N) is 4. The number of nitrogens with two attached hydrogens (primary N) is 1. The SMILES string of the molecule is NCc1nnnn1C1CCC1. The van der Waals surface area contributed by atoms with E-state index < -0.39 is 0 Å². The molecule has 0 atom stereocenters. The van der Waals surface area contributed by atoms with E-state index in [2.05, 4.69) is 15.5 Å². The molecule has 60 valence electrons. The lowest BCUT2D eigenvalue weighted by atomic mass is 9.93. The maximum atomic E-state index is 5.45. The van der Waals surface area contributed by atoms with Crippen LogP contribution in [-0.4, -0.2) is 20.2 Å². The molecular formula is C6H11N5. The molecule has 5 nitrogen and oxygen atoms in total. The van der Waals surface area contributed by atoms with Gasteiger partial charge in [-0.2, -0.15) is 0 Å². The fourth-order valence-electron chi connectivity index (χ4n) is 1.26. The van der Waals surface area contributed by atoms with Crippen molar-refractivity contribution >= 4 is 0 Å². The molecule has 0 bridgehead atoms. The van der Waals surface area contributed by atoms with Crippen LogP contribution < -0.4 is 5.73 Å². The molecule has 0 spiro atoms. The zero-order valence-corrected chi connectivity index (χ0v) is 6.27. The fourth-order valence-corrected chi connectivity index (χ4v) is 1.26. The molecular weight excluding hydrogens is 142 g/mol. The van der Waals surface area contributed by atoms with Crippen molar-refractivity contribution < 1.29 is 0 Å². The van der Waals surface area contributed by atoms with Gasteiger partial charge in [0.25, 0.3) is 0 Å². The minimum Gasteiger partial charge on any atom is -0.324 e. The maximum Gasteiger partial charge on any atom is 0.165 e. The number of rotatable bonds is 2. The van der Waals surface area contributed by atoms with Crippen molar-refractivity contribution in [1.82, 2.24) is 20.2 Å². The van der Waals surface area contributed by atoms with Gasteiger partial charge in [-0.15, -0.1) is 5.10 Å². The first-order valence-corrected chi connectivity index (χ1v) is 3.88. The molecule has 0 radical (unpaired) electrons. The summed E-state index contributed by atoms with van der Waals surface area (Å²) < 4.78 is 1.85. The van der Waals surface area contributed by atoms with Gasteiger partial charge in [0, 0.05) is 0 Å². The van der Waals surface area contributed by atoms with Crippen molar-refractivity contribution in [3.8, 4) is 0 Å². The highest BCUT2D eigenvalue weighted by Gasteiger charge is 2.22. The van der Waals surface area contributed by atoms with Gasteiger partial charge < -0.3 is 5.73 Å². The van der Waals surface area contributed by atoms with Gasteiger partial charge in [-0.25, -0.2) is 4.68 Å². The predicted molar refractivity (Wildman–Crippen MR) is 38.6 cm³/mol. The van der Waals surface area contributed by atoms with Crippen molar-refractivity contribution in [2.24, 2.45) is 5.73 Å². The van der Waals surface area contributed by atoms with Crippen LogP contribution in [0.5, 0.6) is 0 Å². The first-order chi connectivity index (χ1) is 5.42. The van der Waals surface area contributed by atoms with Crippen molar-refractivity contribution in [3.63, 3.8) is 0 Å². The third kappa shape index (κ3) is 1.01. The van der Waals surface area contributed by atoms with Gasteiger partial charge >= 0.3 is 0 Å². The van der Waals surface area contributed by atoms with E-state index in [9.17, 15) is 0 Å². The van der Waals surface area contributed by atoms with Crippen molar-refractivity contribution in [2.45, 2.75) is 31.8 Å². The Balaban J connectivity index is 2.20. The van der Waals surface area contributed by atoms with Gasteiger partial charge in [0.1, 0.15) is 0 Å². The van der Waals surface area contributed by atoms with E-state index in [0.29, 0.717) is 12.6 Å². The molecule has 1 heterocycles. The lowest BCUT2D eigenvalue weighted by Crippen LogP contribution is -2.21. The standard InChI is InChI=1S/C6H11N5/c7-4-6-8-9-10-11(6)5-2-1-3-5/h5H,1-4,7H2. The molecule has 1 fully saturated rings. The second kappa shape index (κ2) is 2.58. The summed E-state index contributed by atoms with van der Waals surface area (Å²) in [4.78, 5) is 0. The molecule has 0 saturated heterocycles. The monoisotopic (exact) mass is 153 g/mol. The molecule has 1 saturated carbocycles. The second-order valence-corrected chi connectivity index (χ2v) is 2.83. The van der Waals surface area contributed by atoms with Crippen molar-refractivity contribution in [2.75, 3.05) is 0 Å². The Labute approximate surface area is 64.6 Å². The third-order valence-electron chi connectivity index (χ3n) is 2.16. The minimum atomic E-state index is 0.434. The molecule has 2 rings (SSSR count). The Kier molecular flexibility index (Phi) is 1.58. The largest absolute Gasteiger partial charge is 0.324 e. The van der Waals surface area contributed by atoms with Crippen LogP contribution in [0.15, 0.2) is 0 Å². The number of aromatic nitrogens is 4. The zero-order valence-electron chi connectivity index (χ0n) is 6.27. The van der Waals surface area contributed by atoms with Crippen LogP contribution in [0.2, 0.25) is 0 Å². The summed E-state index contributed by atoms with van der Waals surface area (Å²) >= 11 is 0. The van der Waals surface area contributed by atoms with Crippen LogP contribution in [0.25, 0.3) is 0 Å². The van der Waals surface area contributed by atoms with Gasteiger partial charge in [-0.3, -0.25) is 0 Å². The normalized spacial score (nSPS) is 18.3. The fraction of sp³-hybridized carbons (Fsp3) is 0.833. The summed E-state index contributed by atoms with van der Waals surface area (Å²) in [6.07, 6.45) is 3.67. The second-order valence-electron chi connectivity index (χ2n) is 2.83. The number of hydrogen-bond acceptors (Lipinski definition) is 4. The summed E-state index contributed by atoms with van der Waals surface area (Å²) in [7, 11) is 0. The molecule has 1 aromatic heterocycles. The molecule has 5 heteroatoms. The average molecular weight is 153 g/mol. The van der Waals surface area contributed by atoms with Gasteiger partial charge in [-0.1, -0.05) is 0 Å². The molecule has 0 amide bonds. The first kappa shape index (κ1) is 6.72. The van der Waals surface area contributed by atoms with Crippen LogP contribution in [0.4, 0.5) is 0 Å². The van der Waals surface area contributed by atoms with E-state index in [1.165, 1.54) is 19.3 Å². The quantitative estimate of drug-likeness (QED) is 0.641. The highest BCUT2D eigenvalue weighted by Crippen LogP contribution is 2.30. The molecule has 1 aliphatic rings. The van der Waals surface area contributed by atoms with Crippen LogP contribution in [0.1, 0.15) is 31.1 Å². The van der Waals surface area contributed by atoms with E-state index in [0.717, 1.165) is 5.82 Å². The van der Waals surface area contributed by atoms with E-state index in [-0.39, 0.29) is 0 Å². The van der Waals surface area contributed by atoms with Crippen LogP contribution in [0.3, 0.4) is 0 Å². The van der Waals surface area contributed by atoms with E-state index in [1.807, 2.05) is 4.68 Å². The van der Waals surface area contributed by atoms with E-state index in [1.54, 1.807) is 0 Å². The number of hydrogen-bond donors (Lipinski definition) is 1. The van der Waals surface area contributed by atoms with Gasteiger partial charge in [-0.05, 0) is 29.7 Å². The highest BCUT2D eigenvalue weighted by atomic mass is 15.6. The lowest BCUT2D eigenvalue weighted by Gasteiger charge is -2.25. The molecule has 0 unspecified atom stereocenters. The topological polar surface area (TPSA) is 69.6 Å². The summed E-state index contributed by atoms with van der Waals surface area (Å²) in [6.45, 7) is 0.434. The molecule has 0 aliphatic heterocycles. The van der Waals surface area contributed by atoms with Gasteiger partial charge in [0.05, 0.1) is 12.6 Å². The molecule has 1 aliphatic carbocycles. The average Bonchev–Trinajstić information content (AvgIpc) is 2.32. The maximum absolute atomic E-state index is 5.45. The summed E-state index contributed by atoms with van der Waals surface area (Å²) in [5, 5.41) is 11.3. The Morgan fingerprint density at radius 2 is 2.36 bits per heavy atom. The first-order valence-electron chi connectivity index (χ1n) is 3.88. The number of tetrazole rings is 1. The minimum absolute atomic E-state index is 0.434. The molecule has 11 heavy (non-hydrogen) atoms. The third-order valence-corrected chi connectivity index (χ3v) is 2.16. The van der Waals surface area contributed by atoms with Crippen LogP contribution in [-0.2, 0) is 6.54 Å². The molecule has 2 N–H and O–H groups in total. The van der Waals surface area contributed by atoms with Crippen LogP contribution in [0, 0.1) is 0 Å². The molecule has 1 aromatic rings. The Hall–Kier alpha value is -0.970. The Morgan fingerprint density at radius 3 is 2.91 bits per heavy atom. The highest BCUT2D eigenvalue weighted by molar-refractivity contribution is 4.86.